The molecule has 6 nitrogen and oxygen atoms in total. The summed E-state index contributed by atoms with van der Waals surface area (Å²) < 4.78 is 28.5. The molecule has 2 heterocycles. The summed E-state index contributed by atoms with van der Waals surface area (Å²) in [5.74, 6) is -2.35. The van der Waals surface area contributed by atoms with E-state index in [4.69, 9.17) is 0 Å². The van der Waals surface area contributed by atoms with E-state index in [1.165, 1.54) is 13.0 Å². The molecule has 0 spiro atoms. The molecular weight excluding hydrogens is 402 g/mol. The van der Waals surface area contributed by atoms with Crippen molar-refractivity contribution in [3.8, 4) is 0 Å². The lowest BCUT2D eigenvalue weighted by molar-refractivity contribution is -0.135. The standard InChI is InChI=1S/C20H22F2N4O2.ClH/c1-13(27)25-17(20-15(21)5-2-6-16(20)22)10-19(28)26-9-8-24-12-18(26)14-4-3-7-23-11-14;/h2-7,11,17-18,24H,8-10,12H2,1H3,(H,25,27);1H. The molecule has 0 aliphatic carbocycles. The third-order valence-electron chi connectivity index (χ3n) is 4.74. The summed E-state index contributed by atoms with van der Waals surface area (Å²) >= 11 is 0. The maximum absolute atomic E-state index is 14.3. The molecule has 2 N–H and O–H groups in total. The minimum Gasteiger partial charge on any atom is -0.349 e. The number of carbonyl (C=O) groups excluding carboxylic acids is 2. The van der Waals surface area contributed by atoms with Crippen molar-refractivity contribution in [3.05, 3.63) is 65.5 Å². The van der Waals surface area contributed by atoms with Crippen LogP contribution in [-0.2, 0) is 9.59 Å². The molecule has 156 valence electrons. The summed E-state index contributed by atoms with van der Waals surface area (Å²) in [7, 11) is 0. The highest BCUT2D eigenvalue weighted by molar-refractivity contribution is 5.85. The fraction of sp³-hybridized carbons (Fsp3) is 0.350. The van der Waals surface area contributed by atoms with E-state index in [2.05, 4.69) is 15.6 Å². The molecule has 2 atom stereocenters. The van der Waals surface area contributed by atoms with Gasteiger partial charge in [-0.1, -0.05) is 12.1 Å². The first-order valence-electron chi connectivity index (χ1n) is 9.08. The van der Waals surface area contributed by atoms with E-state index in [9.17, 15) is 18.4 Å². The van der Waals surface area contributed by atoms with Gasteiger partial charge < -0.3 is 15.5 Å². The first-order valence-corrected chi connectivity index (χ1v) is 9.08. The van der Waals surface area contributed by atoms with Crippen LogP contribution < -0.4 is 10.6 Å². The Morgan fingerprint density at radius 2 is 2.00 bits per heavy atom. The fourth-order valence-electron chi connectivity index (χ4n) is 3.48. The monoisotopic (exact) mass is 424 g/mol. The van der Waals surface area contributed by atoms with Gasteiger partial charge in [0.25, 0.3) is 0 Å². The maximum Gasteiger partial charge on any atom is 0.225 e. The smallest absolute Gasteiger partial charge is 0.225 e. The zero-order valence-corrected chi connectivity index (χ0v) is 16.7. The Bertz CT molecular complexity index is 833. The van der Waals surface area contributed by atoms with E-state index < -0.39 is 23.6 Å². The van der Waals surface area contributed by atoms with Crippen LogP contribution in [0, 0.1) is 11.6 Å². The molecule has 1 aliphatic rings. The van der Waals surface area contributed by atoms with Gasteiger partial charge in [0.05, 0.1) is 18.5 Å². The molecule has 3 rings (SSSR count). The van der Waals surface area contributed by atoms with Crippen molar-refractivity contribution in [2.45, 2.75) is 25.4 Å². The predicted octanol–water partition coefficient (Wildman–Crippen LogP) is 2.52. The number of nitrogens with one attached hydrogen (secondary N) is 2. The molecule has 1 aliphatic heterocycles. The first-order chi connectivity index (χ1) is 13.5. The van der Waals surface area contributed by atoms with E-state index in [1.807, 2.05) is 6.07 Å². The van der Waals surface area contributed by atoms with Crippen molar-refractivity contribution in [2.75, 3.05) is 19.6 Å². The number of hydrogen-bond donors (Lipinski definition) is 2. The quantitative estimate of drug-likeness (QED) is 0.773. The van der Waals surface area contributed by atoms with Crippen LogP contribution in [0.15, 0.2) is 42.7 Å². The molecule has 2 aromatic rings. The van der Waals surface area contributed by atoms with Gasteiger partial charge in [0, 0.05) is 44.5 Å². The Balaban J connectivity index is 0.00000300. The zero-order chi connectivity index (χ0) is 20.1. The largest absolute Gasteiger partial charge is 0.349 e. The van der Waals surface area contributed by atoms with Crippen molar-refractivity contribution in [3.63, 3.8) is 0 Å². The summed E-state index contributed by atoms with van der Waals surface area (Å²) in [6, 6.07) is 5.82. The Labute approximate surface area is 174 Å². The molecule has 9 heteroatoms. The second-order valence-corrected chi connectivity index (χ2v) is 6.69. The molecule has 0 radical (unpaired) electrons. The third kappa shape index (κ3) is 5.48. The van der Waals surface area contributed by atoms with Gasteiger partial charge in [-0.2, -0.15) is 0 Å². The third-order valence-corrected chi connectivity index (χ3v) is 4.74. The van der Waals surface area contributed by atoms with Crippen LogP contribution in [0.5, 0.6) is 0 Å². The SMILES string of the molecule is CC(=O)NC(CC(=O)N1CCNCC1c1cccnc1)c1c(F)cccc1F.Cl. The molecule has 1 aromatic carbocycles. The first kappa shape index (κ1) is 22.7. The number of halogens is 3. The van der Waals surface area contributed by atoms with Crippen molar-refractivity contribution < 1.29 is 18.4 Å². The number of aromatic nitrogens is 1. The van der Waals surface area contributed by atoms with Crippen LogP contribution in [-0.4, -0.2) is 41.3 Å². The van der Waals surface area contributed by atoms with Crippen LogP contribution in [0.1, 0.15) is 36.6 Å². The zero-order valence-electron chi connectivity index (χ0n) is 15.9. The second-order valence-electron chi connectivity index (χ2n) is 6.69. The van der Waals surface area contributed by atoms with E-state index in [0.29, 0.717) is 19.6 Å². The van der Waals surface area contributed by atoms with Gasteiger partial charge in [0.15, 0.2) is 0 Å². The molecule has 0 bridgehead atoms. The minimum atomic E-state index is -1.09. The number of piperazine rings is 1. The highest BCUT2D eigenvalue weighted by Crippen LogP contribution is 2.27. The van der Waals surface area contributed by atoms with Gasteiger partial charge in [-0.25, -0.2) is 8.78 Å². The highest BCUT2D eigenvalue weighted by atomic mass is 35.5. The number of rotatable bonds is 5. The molecule has 1 saturated heterocycles. The van der Waals surface area contributed by atoms with Crippen LogP contribution in [0.3, 0.4) is 0 Å². The number of hydrogen-bond acceptors (Lipinski definition) is 4. The van der Waals surface area contributed by atoms with Crippen LogP contribution in [0.2, 0.25) is 0 Å². The van der Waals surface area contributed by atoms with E-state index in [1.54, 1.807) is 23.4 Å². The van der Waals surface area contributed by atoms with Gasteiger partial charge in [-0.15, -0.1) is 12.4 Å². The van der Waals surface area contributed by atoms with Crippen molar-refractivity contribution in [2.24, 2.45) is 0 Å². The summed E-state index contributed by atoms with van der Waals surface area (Å²) in [5, 5.41) is 5.75. The molecule has 2 unspecified atom stereocenters. The maximum atomic E-state index is 14.3. The molecular formula is C20H23ClF2N4O2. The van der Waals surface area contributed by atoms with Gasteiger partial charge in [-0.3, -0.25) is 14.6 Å². The lowest BCUT2D eigenvalue weighted by Gasteiger charge is -2.37. The molecule has 1 fully saturated rings. The van der Waals surface area contributed by atoms with Gasteiger partial charge in [0.2, 0.25) is 11.8 Å². The van der Waals surface area contributed by atoms with E-state index in [-0.39, 0.29) is 36.3 Å². The Morgan fingerprint density at radius 1 is 1.28 bits per heavy atom. The molecule has 0 saturated carbocycles. The fourth-order valence-corrected chi connectivity index (χ4v) is 3.48. The second kappa shape index (κ2) is 10.3. The van der Waals surface area contributed by atoms with E-state index in [0.717, 1.165) is 17.7 Å². The average molecular weight is 425 g/mol. The van der Waals surface area contributed by atoms with Gasteiger partial charge in [-0.05, 0) is 23.8 Å². The van der Waals surface area contributed by atoms with Crippen molar-refractivity contribution in [1.82, 2.24) is 20.5 Å². The normalized spacial score (nSPS) is 17.2. The predicted molar refractivity (Wildman–Crippen MR) is 106 cm³/mol. The number of benzene rings is 1. The van der Waals surface area contributed by atoms with Crippen LogP contribution >= 0.6 is 12.4 Å². The highest BCUT2D eigenvalue weighted by Gasteiger charge is 2.31. The van der Waals surface area contributed by atoms with E-state index >= 15 is 0 Å². The summed E-state index contributed by atoms with van der Waals surface area (Å²) in [5.41, 5.74) is 0.565. The average Bonchev–Trinajstić information content (AvgIpc) is 2.68. The van der Waals surface area contributed by atoms with Crippen molar-refractivity contribution >= 4 is 24.2 Å². The van der Waals surface area contributed by atoms with Crippen LogP contribution in [0.4, 0.5) is 8.78 Å². The molecule has 2 amide bonds. The minimum absolute atomic E-state index is 0. The van der Waals surface area contributed by atoms with Gasteiger partial charge in [0.1, 0.15) is 11.6 Å². The Kier molecular flexibility index (Phi) is 8.04. The summed E-state index contributed by atoms with van der Waals surface area (Å²) in [4.78, 5) is 30.4. The summed E-state index contributed by atoms with van der Waals surface area (Å²) in [6.45, 7) is 2.86. The lowest BCUT2D eigenvalue weighted by Crippen LogP contribution is -2.49. The van der Waals surface area contributed by atoms with Gasteiger partial charge >= 0.3 is 0 Å². The molecule has 29 heavy (non-hydrogen) atoms. The number of carbonyl (C=O) groups is 2. The van der Waals surface area contributed by atoms with Crippen molar-refractivity contribution in [1.29, 1.82) is 0 Å². The summed E-state index contributed by atoms with van der Waals surface area (Å²) in [6.07, 6.45) is 3.10. The number of nitrogens with zero attached hydrogens (tertiary/aromatic N) is 2. The number of amides is 2. The Hall–Kier alpha value is -2.58. The Morgan fingerprint density at radius 3 is 2.62 bits per heavy atom. The number of pyridine rings is 1. The molecule has 1 aromatic heterocycles. The lowest BCUT2D eigenvalue weighted by atomic mass is 9.99. The van der Waals surface area contributed by atoms with Crippen LogP contribution in [0.25, 0.3) is 0 Å². The topological polar surface area (TPSA) is 74.3 Å².